The first kappa shape index (κ1) is 17.7. The van der Waals surface area contributed by atoms with Crippen LogP contribution in [-0.4, -0.2) is 10.8 Å². The number of benzene rings is 2. The van der Waals surface area contributed by atoms with Gasteiger partial charge in [0.2, 0.25) is 0 Å². The van der Waals surface area contributed by atoms with E-state index in [-0.39, 0.29) is 16.3 Å². The highest BCUT2D eigenvalue weighted by Crippen LogP contribution is 2.36. The Morgan fingerprint density at radius 3 is 2.46 bits per heavy atom. The maximum Gasteiger partial charge on any atom is 0.418 e. The van der Waals surface area contributed by atoms with Gasteiger partial charge in [-0.05, 0) is 31.2 Å². The Kier molecular flexibility index (Phi) is 4.79. The van der Waals surface area contributed by atoms with Gasteiger partial charge in [-0.3, -0.25) is 14.9 Å². The summed E-state index contributed by atoms with van der Waals surface area (Å²) in [6, 6.07) is 6.55. The van der Waals surface area contributed by atoms with E-state index in [4.69, 9.17) is 11.6 Å². The van der Waals surface area contributed by atoms with Gasteiger partial charge in [0.05, 0.1) is 16.2 Å². The van der Waals surface area contributed by atoms with Crippen molar-refractivity contribution in [2.45, 2.75) is 13.1 Å². The number of hydrogen-bond acceptors (Lipinski definition) is 3. The molecule has 0 aliphatic rings. The molecule has 0 unspecified atom stereocenters. The smallest absolute Gasteiger partial charge is 0.321 e. The lowest BCUT2D eigenvalue weighted by Crippen LogP contribution is -2.17. The van der Waals surface area contributed by atoms with Gasteiger partial charge in [-0.2, -0.15) is 13.2 Å². The average molecular weight is 359 g/mol. The molecule has 2 rings (SSSR count). The normalized spacial score (nSPS) is 11.2. The zero-order chi connectivity index (χ0) is 18.1. The highest BCUT2D eigenvalue weighted by atomic mass is 35.5. The van der Waals surface area contributed by atoms with Crippen LogP contribution in [0.2, 0.25) is 5.02 Å². The molecule has 2 aromatic carbocycles. The molecule has 0 aliphatic carbocycles. The van der Waals surface area contributed by atoms with Crippen molar-refractivity contribution in [3.63, 3.8) is 0 Å². The lowest BCUT2D eigenvalue weighted by atomic mass is 10.1. The number of alkyl halides is 3. The topological polar surface area (TPSA) is 72.2 Å². The van der Waals surface area contributed by atoms with Gasteiger partial charge >= 0.3 is 6.18 Å². The van der Waals surface area contributed by atoms with Gasteiger partial charge in [-0.15, -0.1) is 0 Å². The second-order valence-electron chi connectivity index (χ2n) is 4.90. The summed E-state index contributed by atoms with van der Waals surface area (Å²) in [5.74, 6) is -0.897. The molecule has 0 heterocycles. The molecule has 0 saturated heterocycles. The maximum atomic E-state index is 13.0. The number of anilines is 1. The van der Waals surface area contributed by atoms with Crippen molar-refractivity contribution >= 4 is 28.9 Å². The summed E-state index contributed by atoms with van der Waals surface area (Å²) in [5, 5.41) is 12.9. The number of carbonyl (C=O) groups is 1. The SMILES string of the molecule is Cc1ccc(C(=O)Nc2ccc(Cl)cc2C(F)(F)F)cc1[N+](=O)[O-]. The van der Waals surface area contributed by atoms with E-state index in [0.29, 0.717) is 11.6 Å². The van der Waals surface area contributed by atoms with Crippen molar-refractivity contribution in [3.05, 3.63) is 68.2 Å². The number of halogens is 4. The number of nitro groups is 1. The van der Waals surface area contributed by atoms with Gasteiger partial charge < -0.3 is 5.32 Å². The van der Waals surface area contributed by atoms with Gasteiger partial charge in [0.1, 0.15) is 0 Å². The van der Waals surface area contributed by atoms with E-state index in [0.717, 1.165) is 12.1 Å². The molecule has 0 spiro atoms. The summed E-state index contributed by atoms with van der Waals surface area (Å²) < 4.78 is 39.0. The number of nitrogens with zero attached hydrogens (tertiary/aromatic N) is 1. The highest BCUT2D eigenvalue weighted by Gasteiger charge is 2.34. The fraction of sp³-hybridized carbons (Fsp3) is 0.133. The molecule has 24 heavy (non-hydrogen) atoms. The van der Waals surface area contributed by atoms with Crippen molar-refractivity contribution in [2.75, 3.05) is 5.32 Å². The van der Waals surface area contributed by atoms with Crippen LogP contribution in [0.15, 0.2) is 36.4 Å². The molecule has 0 bridgehead atoms. The average Bonchev–Trinajstić information content (AvgIpc) is 2.48. The van der Waals surface area contributed by atoms with Gasteiger partial charge in [0.15, 0.2) is 0 Å². The second-order valence-corrected chi connectivity index (χ2v) is 5.34. The number of aryl methyl sites for hydroxylation is 1. The summed E-state index contributed by atoms with van der Waals surface area (Å²) in [7, 11) is 0. The molecule has 0 fully saturated rings. The maximum absolute atomic E-state index is 13.0. The molecule has 1 amide bonds. The Bertz CT molecular complexity index is 822. The summed E-state index contributed by atoms with van der Waals surface area (Å²) in [5.41, 5.74) is -1.69. The Balaban J connectivity index is 2.38. The lowest BCUT2D eigenvalue weighted by Gasteiger charge is -2.14. The molecule has 0 saturated carbocycles. The third-order valence-electron chi connectivity index (χ3n) is 3.20. The summed E-state index contributed by atoms with van der Waals surface area (Å²) in [6.45, 7) is 1.49. The Labute approximate surface area is 139 Å². The van der Waals surface area contributed by atoms with Crippen LogP contribution in [0.4, 0.5) is 24.5 Å². The van der Waals surface area contributed by atoms with Crippen LogP contribution in [0.3, 0.4) is 0 Å². The van der Waals surface area contributed by atoms with E-state index in [1.807, 2.05) is 0 Å². The van der Waals surface area contributed by atoms with E-state index in [1.165, 1.54) is 25.1 Å². The summed E-state index contributed by atoms with van der Waals surface area (Å²) in [4.78, 5) is 22.3. The first-order valence-electron chi connectivity index (χ1n) is 6.52. The van der Waals surface area contributed by atoms with E-state index in [1.54, 1.807) is 0 Å². The molecule has 0 atom stereocenters. The van der Waals surface area contributed by atoms with Gasteiger partial charge in [0, 0.05) is 22.2 Å². The fourth-order valence-corrected chi connectivity index (χ4v) is 2.17. The number of nitro benzene ring substituents is 1. The minimum Gasteiger partial charge on any atom is -0.321 e. The number of amides is 1. The predicted molar refractivity (Wildman–Crippen MR) is 82.2 cm³/mol. The fourth-order valence-electron chi connectivity index (χ4n) is 2.00. The third-order valence-corrected chi connectivity index (χ3v) is 3.44. The Morgan fingerprint density at radius 2 is 1.88 bits per heavy atom. The molecule has 2 aromatic rings. The number of nitrogens with one attached hydrogen (secondary N) is 1. The molecule has 0 radical (unpaired) electrons. The monoisotopic (exact) mass is 358 g/mol. The van der Waals surface area contributed by atoms with Crippen molar-refractivity contribution in [3.8, 4) is 0 Å². The number of hydrogen-bond donors (Lipinski definition) is 1. The van der Waals surface area contributed by atoms with Crippen LogP contribution in [0.1, 0.15) is 21.5 Å². The lowest BCUT2D eigenvalue weighted by molar-refractivity contribution is -0.385. The number of carbonyl (C=O) groups excluding carboxylic acids is 1. The van der Waals surface area contributed by atoms with Gasteiger partial charge in [0.25, 0.3) is 11.6 Å². The standard InChI is InChI=1S/C15H10ClF3N2O3/c1-8-2-3-9(6-13(8)21(23)24)14(22)20-12-5-4-10(16)7-11(12)15(17,18)19/h2-7H,1H3,(H,20,22). The van der Waals surface area contributed by atoms with Crippen molar-refractivity contribution in [1.29, 1.82) is 0 Å². The van der Waals surface area contributed by atoms with E-state index >= 15 is 0 Å². The quantitative estimate of drug-likeness (QED) is 0.631. The van der Waals surface area contributed by atoms with E-state index < -0.39 is 28.3 Å². The molecule has 5 nitrogen and oxygen atoms in total. The van der Waals surface area contributed by atoms with Crippen LogP contribution in [0.5, 0.6) is 0 Å². The van der Waals surface area contributed by atoms with E-state index in [2.05, 4.69) is 5.32 Å². The van der Waals surface area contributed by atoms with Crippen molar-refractivity contribution in [1.82, 2.24) is 0 Å². The van der Waals surface area contributed by atoms with Gasteiger partial charge in [-0.1, -0.05) is 17.7 Å². The zero-order valence-corrected chi connectivity index (χ0v) is 12.9. The molecular weight excluding hydrogens is 349 g/mol. The number of rotatable bonds is 3. The van der Waals surface area contributed by atoms with Crippen molar-refractivity contribution in [2.24, 2.45) is 0 Å². The van der Waals surface area contributed by atoms with Crippen LogP contribution < -0.4 is 5.32 Å². The van der Waals surface area contributed by atoms with Crippen molar-refractivity contribution < 1.29 is 22.9 Å². The Hall–Kier alpha value is -2.61. The van der Waals surface area contributed by atoms with Crippen LogP contribution >= 0.6 is 11.6 Å². The first-order valence-corrected chi connectivity index (χ1v) is 6.90. The van der Waals surface area contributed by atoms with Crippen LogP contribution in [0.25, 0.3) is 0 Å². The minimum atomic E-state index is -4.72. The minimum absolute atomic E-state index is 0.129. The second kappa shape index (κ2) is 6.48. The first-order chi connectivity index (χ1) is 11.1. The molecule has 0 aliphatic heterocycles. The van der Waals surface area contributed by atoms with E-state index in [9.17, 15) is 28.1 Å². The zero-order valence-electron chi connectivity index (χ0n) is 12.1. The third kappa shape index (κ3) is 3.83. The molecule has 1 N–H and O–H groups in total. The molecular formula is C15H10ClF3N2O3. The summed E-state index contributed by atoms with van der Waals surface area (Å²) >= 11 is 5.56. The Morgan fingerprint density at radius 1 is 1.21 bits per heavy atom. The predicted octanol–water partition coefficient (Wildman–Crippen LogP) is 4.83. The molecule has 9 heteroatoms. The largest absolute Gasteiger partial charge is 0.418 e. The summed E-state index contributed by atoms with van der Waals surface area (Å²) in [6.07, 6.45) is -4.72. The van der Waals surface area contributed by atoms with Crippen LogP contribution in [0, 0.1) is 17.0 Å². The van der Waals surface area contributed by atoms with Crippen LogP contribution in [-0.2, 0) is 6.18 Å². The molecule has 126 valence electrons. The highest BCUT2D eigenvalue weighted by molar-refractivity contribution is 6.30. The molecule has 0 aromatic heterocycles. The van der Waals surface area contributed by atoms with Gasteiger partial charge in [-0.25, -0.2) is 0 Å².